The Balaban J connectivity index is 1.70. The van der Waals surface area contributed by atoms with E-state index in [0.717, 1.165) is 10.6 Å². The van der Waals surface area contributed by atoms with Crippen LogP contribution >= 0.6 is 23.1 Å². The summed E-state index contributed by atoms with van der Waals surface area (Å²) >= 11 is 3.80. The van der Waals surface area contributed by atoms with E-state index < -0.39 is 0 Å². The Bertz CT molecular complexity index is 575. The highest BCUT2D eigenvalue weighted by Gasteiger charge is 2.18. The zero-order valence-electron chi connectivity index (χ0n) is 12.6. The zero-order chi connectivity index (χ0) is 14.8. The number of rotatable bonds is 4. The van der Waals surface area contributed by atoms with Crippen molar-refractivity contribution >= 4 is 23.1 Å². The molecule has 1 nitrogen and oxygen atoms in total. The highest BCUT2D eigenvalue weighted by atomic mass is 32.2. The number of hydrogen-bond donors (Lipinski definition) is 1. The molecule has 1 N–H and O–H groups in total. The summed E-state index contributed by atoms with van der Waals surface area (Å²) in [6.45, 7) is 4.41. The van der Waals surface area contributed by atoms with Crippen LogP contribution in [0.3, 0.4) is 0 Å². The van der Waals surface area contributed by atoms with Crippen LogP contribution in [0.4, 0.5) is 0 Å². The topological polar surface area (TPSA) is 20.2 Å². The fraction of sp³-hybridized carbons (Fsp3) is 0.444. The molecule has 3 heteroatoms. The van der Waals surface area contributed by atoms with Gasteiger partial charge in [0.15, 0.2) is 0 Å². The molecule has 3 rings (SSSR count). The Labute approximate surface area is 135 Å². The van der Waals surface area contributed by atoms with Gasteiger partial charge in [-0.05, 0) is 40.8 Å². The molecule has 1 atom stereocenters. The van der Waals surface area contributed by atoms with Gasteiger partial charge in [-0.2, -0.15) is 11.8 Å². The molecule has 0 amide bonds. The van der Waals surface area contributed by atoms with Gasteiger partial charge in [0, 0.05) is 21.9 Å². The fourth-order valence-electron chi connectivity index (χ4n) is 2.70. The van der Waals surface area contributed by atoms with Gasteiger partial charge in [0.2, 0.25) is 0 Å². The average Bonchev–Trinajstić information content (AvgIpc) is 2.92. The lowest BCUT2D eigenvalue weighted by molar-refractivity contribution is 0.182. The summed E-state index contributed by atoms with van der Waals surface area (Å²) in [5.41, 5.74) is 4.02. The summed E-state index contributed by atoms with van der Waals surface area (Å²) in [7, 11) is 0. The van der Waals surface area contributed by atoms with Crippen molar-refractivity contribution in [2.75, 3.05) is 5.75 Å². The monoisotopic (exact) mass is 318 g/mol. The first kappa shape index (κ1) is 15.1. The van der Waals surface area contributed by atoms with Crippen LogP contribution in [0.5, 0.6) is 0 Å². The van der Waals surface area contributed by atoms with Crippen LogP contribution in [0.1, 0.15) is 52.3 Å². The second kappa shape index (κ2) is 6.55. The van der Waals surface area contributed by atoms with Crippen LogP contribution in [0.2, 0.25) is 0 Å². The van der Waals surface area contributed by atoms with Crippen molar-refractivity contribution in [2.24, 2.45) is 0 Å². The zero-order valence-corrected chi connectivity index (χ0v) is 14.3. The second-order valence-corrected chi connectivity index (χ2v) is 8.29. The fourth-order valence-corrected chi connectivity index (χ4v) is 5.06. The number of hydrogen-bond acceptors (Lipinski definition) is 3. The van der Waals surface area contributed by atoms with E-state index in [2.05, 4.69) is 44.2 Å². The molecule has 1 aromatic carbocycles. The van der Waals surface area contributed by atoms with Crippen molar-refractivity contribution < 1.29 is 5.11 Å². The van der Waals surface area contributed by atoms with Gasteiger partial charge in [-0.3, -0.25) is 0 Å². The van der Waals surface area contributed by atoms with Gasteiger partial charge in [0.1, 0.15) is 0 Å². The third kappa shape index (κ3) is 3.53. The van der Waals surface area contributed by atoms with Gasteiger partial charge in [0.25, 0.3) is 0 Å². The predicted molar refractivity (Wildman–Crippen MR) is 93.4 cm³/mol. The van der Waals surface area contributed by atoms with Gasteiger partial charge in [-0.25, -0.2) is 0 Å². The predicted octanol–water partition coefficient (Wildman–Crippen LogP) is 4.94. The molecule has 1 aliphatic heterocycles. The van der Waals surface area contributed by atoms with Gasteiger partial charge in [-0.1, -0.05) is 38.1 Å². The molecule has 0 aliphatic carbocycles. The summed E-state index contributed by atoms with van der Waals surface area (Å²) in [6.07, 6.45) is 1.52. The van der Waals surface area contributed by atoms with Crippen molar-refractivity contribution in [3.8, 4) is 0 Å². The molecule has 112 valence electrons. The number of aliphatic hydroxyl groups excluding tert-OH is 1. The highest BCUT2D eigenvalue weighted by molar-refractivity contribution is 7.98. The maximum Gasteiger partial charge on any atom is 0.0922 e. The number of fused-ring (bicyclic) bond motifs is 1. The maximum atomic E-state index is 10.5. The molecular formula is C18H22OS2. The Morgan fingerprint density at radius 1 is 1.19 bits per heavy atom. The van der Waals surface area contributed by atoms with Crippen LogP contribution in [0, 0.1) is 0 Å². The lowest BCUT2D eigenvalue weighted by Gasteiger charge is -2.10. The molecule has 1 aliphatic rings. The minimum atomic E-state index is -0.365. The van der Waals surface area contributed by atoms with Gasteiger partial charge in [-0.15, -0.1) is 11.3 Å². The summed E-state index contributed by atoms with van der Waals surface area (Å²) in [4.78, 5) is 2.62. The maximum absolute atomic E-state index is 10.5. The van der Waals surface area contributed by atoms with Crippen molar-refractivity contribution in [3.63, 3.8) is 0 Å². The second-order valence-electron chi connectivity index (χ2n) is 6.02. The number of aryl methyl sites for hydroxylation is 1. The third-order valence-corrected chi connectivity index (χ3v) is 6.40. The first-order valence-corrected chi connectivity index (χ1v) is 9.56. The van der Waals surface area contributed by atoms with Crippen LogP contribution < -0.4 is 0 Å². The molecular weight excluding hydrogens is 296 g/mol. The SMILES string of the molecule is CC(C)c1ccc(CC(O)c2cc3c(s2)CCSC3)cc1. The lowest BCUT2D eigenvalue weighted by atomic mass is 9.99. The lowest BCUT2D eigenvalue weighted by Crippen LogP contribution is -2.00. The van der Waals surface area contributed by atoms with E-state index in [9.17, 15) is 5.11 Å². The summed E-state index contributed by atoms with van der Waals surface area (Å²) in [5.74, 6) is 2.90. The molecule has 2 aromatic rings. The smallest absolute Gasteiger partial charge is 0.0922 e. The standard InChI is InChI=1S/C18H22OS2/c1-12(2)14-5-3-13(4-6-14)9-16(19)18-10-15-11-20-8-7-17(15)21-18/h3-6,10,12,16,19H,7-9,11H2,1-2H3. The van der Waals surface area contributed by atoms with Crippen molar-refractivity contribution in [3.05, 3.63) is 56.8 Å². The van der Waals surface area contributed by atoms with Gasteiger partial charge >= 0.3 is 0 Å². The van der Waals surface area contributed by atoms with E-state index in [1.54, 1.807) is 0 Å². The molecule has 0 fully saturated rings. The van der Waals surface area contributed by atoms with E-state index in [1.807, 2.05) is 23.1 Å². The molecule has 1 unspecified atom stereocenters. The van der Waals surface area contributed by atoms with E-state index in [-0.39, 0.29) is 6.10 Å². The van der Waals surface area contributed by atoms with Gasteiger partial charge < -0.3 is 5.11 Å². The normalized spacial score (nSPS) is 16.0. The average molecular weight is 319 g/mol. The molecule has 0 radical (unpaired) electrons. The van der Waals surface area contributed by atoms with Crippen LogP contribution in [-0.4, -0.2) is 10.9 Å². The first-order chi connectivity index (χ1) is 10.1. The Morgan fingerprint density at radius 2 is 1.95 bits per heavy atom. The molecule has 1 aromatic heterocycles. The Kier molecular flexibility index (Phi) is 4.72. The summed E-state index contributed by atoms with van der Waals surface area (Å²) < 4.78 is 0. The Hall–Kier alpha value is -0.770. The minimum Gasteiger partial charge on any atom is -0.387 e. The van der Waals surface area contributed by atoms with E-state index in [4.69, 9.17) is 0 Å². The summed E-state index contributed by atoms with van der Waals surface area (Å²) in [5, 5.41) is 10.5. The third-order valence-electron chi connectivity index (χ3n) is 4.05. The molecule has 0 bridgehead atoms. The van der Waals surface area contributed by atoms with Crippen LogP contribution in [0.25, 0.3) is 0 Å². The largest absolute Gasteiger partial charge is 0.387 e. The number of aliphatic hydroxyl groups is 1. The van der Waals surface area contributed by atoms with Crippen molar-refractivity contribution in [2.45, 2.75) is 44.5 Å². The number of thiophene rings is 1. The molecule has 0 saturated heterocycles. The Morgan fingerprint density at radius 3 is 2.62 bits per heavy atom. The molecule has 0 saturated carbocycles. The minimum absolute atomic E-state index is 0.365. The van der Waals surface area contributed by atoms with Crippen LogP contribution in [0.15, 0.2) is 30.3 Å². The molecule has 2 heterocycles. The van der Waals surface area contributed by atoms with Gasteiger partial charge in [0.05, 0.1) is 6.10 Å². The van der Waals surface area contributed by atoms with E-state index in [1.165, 1.54) is 33.7 Å². The highest BCUT2D eigenvalue weighted by Crippen LogP contribution is 2.35. The summed E-state index contributed by atoms with van der Waals surface area (Å²) in [6, 6.07) is 10.9. The molecule has 0 spiro atoms. The number of benzene rings is 1. The first-order valence-electron chi connectivity index (χ1n) is 7.59. The quantitative estimate of drug-likeness (QED) is 0.862. The van der Waals surface area contributed by atoms with E-state index >= 15 is 0 Å². The van der Waals surface area contributed by atoms with Crippen molar-refractivity contribution in [1.82, 2.24) is 0 Å². The molecule has 21 heavy (non-hydrogen) atoms. The van der Waals surface area contributed by atoms with E-state index in [0.29, 0.717) is 12.3 Å². The van der Waals surface area contributed by atoms with Crippen LogP contribution in [-0.2, 0) is 18.6 Å². The number of thioether (sulfide) groups is 1. The van der Waals surface area contributed by atoms with Crippen molar-refractivity contribution in [1.29, 1.82) is 0 Å².